The van der Waals surface area contributed by atoms with Crippen LogP contribution in [-0.2, 0) is 9.47 Å². The Kier molecular flexibility index (Phi) is 4.24. The van der Waals surface area contributed by atoms with Gasteiger partial charge in [0, 0.05) is 5.92 Å². The zero-order valence-electron chi connectivity index (χ0n) is 11.2. The predicted octanol–water partition coefficient (Wildman–Crippen LogP) is 2.90. The molecule has 1 aliphatic carbocycles. The fraction of sp³-hybridized carbons (Fsp3) is 0.571. The summed E-state index contributed by atoms with van der Waals surface area (Å²) in [5, 5.41) is 0. The number of furan rings is 1. The van der Waals surface area contributed by atoms with E-state index in [-0.39, 0.29) is 17.0 Å². The van der Waals surface area contributed by atoms with Crippen LogP contribution in [0, 0.1) is 0 Å². The summed E-state index contributed by atoms with van der Waals surface area (Å²) in [5.41, 5.74) is 0.371. The maximum atomic E-state index is 11.9. The Morgan fingerprint density at radius 2 is 1.74 bits per heavy atom. The second kappa shape index (κ2) is 5.91. The molecule has 0 unspecified atom stereocenters. The van der Waals surface area contributed by atoms with Crippen LogP contribution in [0.5, 0.6) is 0 Å². The minimum Gasteiger partial charge on any atom is -0.467 e. The van der Waals surface area contributed by atoms with E-state index in [1.165, 1.54) is 26.9 Å². The van der Waals surface area contributed by atoms with Crippen LogP contribution in [0.3, 0.4) is 0 Å². The van der Waals surface area contributed by atoms with Gasteiger partial charge in [-0.25, -0.2) is 9.59 Å². The predicted molar refractivity (Wildman–Crippen MR) is 67.2 cm³/mol. The van der Waals surface area contributed by atoms with Gasteiger partial charge in [-0.15, -0.1) is 0 Å². The van der Waals surface area contributed by atoms with E-state index >= 15 is 0 Å². The summed E-state index contributed by atoms with van der Waals surface area (Å²) >= 11 is 0. The number of carbonyl (C=O) groups is 2. The highest BCUT2D eigenvalue weighted by Gasteiger charge is 2.31. The number of methoxy groups -OCH3 is 2. The third kappa shape index (κ3) is 2.64. The summed E-state index contributed by atoms with van der Waals surface area (Å²) in [6.45, 7) is 0. The Morgan fingerprint density at radius 1 is 1.11 bits per heavy atom. The molecular formula is C14H18O5. The highest BCUT2D eigenvalue weighted by molar-refractivity contribution is 6.03. The fourth-order valence-electron chi connectivity index (χ4n) is 2.61. The van der Waals surface area contributed by atoms with Gasteiger partial charge in [0.2, 0.25) is 0 Å². The van der Waals surface area contributed by atoms with E-state index in [1.807, 2.05) is 0 Å². The van der Waals surface area contributed by atoms with Crippen molar-refractivity contribution in [2.45, 2.75) is 38.0 Å². The number of hydrogen-bond donors (Lipinski definition) is 0. The number of esters is 2. The average Bonchev–Trinajstić information content (AvgIpc) is 2.91. The molecule has 0 aromatic carbocycles. The Labute approximate surface area is 111 Å². The molecule has 1 aromatic heterocycles. The van der Waals surface area contributed by atoms with Gasteiger partial charge in [0.25, 0.3) is 0 Å². The second-order valence-corrected chi connectivity index (χ2v) is 4.71. The molecule has 0 spiro atoms. The molecule has 0 aliphatic heterocycles. The van der Waals surface area contributed by atoms with Gasteiger partial charge in [0.1, 0.15) is 23.2 Å². The topological polar surface area (TPSA) is 65.7 Å². The van der Waals surface area contributed by atoms with Crippen molar-refractivity contribution in [1.82, 2.24) is 0 Å². The van der Waals surface area contributed by atoms with E-state index in [9.17, 15) is 9.59 Å². The molecule has 19 heavy (non-hydrogen) atoms. The van der Waals surface area contributed by atoms with Crippen LogP contribution >= 0.6 is 0 Å². The van der Waals surface area contributed by atoms with Crippen LogP contribution < -0.4 is 0 Å². The zero-order valence-corrected chi connectivity index (χ0v) is 11.2. The Balaban J connectivity index is 2.39. The van der Waals surface area contributed by atoms with Crippen molar-refractivity contribution >= 4 is 11.9 Å². The van der Waals surface area contributed by atoms with Gasteiger partial charge >= 0.3 is 11.9 Å². The molecule has 0 N–H and O–H groups in total. The van der Waals surface area contributed by atoms with Crippen molar-refractivity contribution in [3.8, 4) is 0 Å². The minimum absolute atomic E-state index is 0.148. The second-order valence-electron chi connectivity index (χ2n) is 4.71. The molecule has 1 fully saturated rings. The van der Waals surface area contributed by atoms with E-state index in [1.54, 1.807) is 0 Å². The lowest BCUT2D eigenvalue weighted by molar-refractivity contribution is 0.0555. The summed E-state index contributed by atoms with van der Waals surface area (Å²) < 4.78 is 14.9. The molecule has 1 heterocycles. The van der Waals surface area contributed by atoms with Crippen LogP contribution in [0.25, 0.3) is 0 Å². The van der Waals surface area contributed by atoms with Crippen LogP contribution in [-0.4, -0.2) is 26.2 Å². The third-order valence-corrected chi connectivity index (χ3v) is 3.59. The quantitative estimate of drug-likeness (QED) is 0.787. The van der Waals surface area contributed by atoms with Gasteiger partial charge in [0.15, 0.2) is 0 Å². The van der Waals surface area contributed by atoms with Crippen molar-refractivity contribution in [3.05, 3.63) is 23.2 Å². The molecule has 1 aromatic rings. The molecule has 1 aliphatic rings. The molecule has 5 nitrogen and oxygen atoms in total. The Hall–Kier alpha value is -1.78. The lowest BCUT2D eigenvalue weighted by Gasteiger charge is -2.20. The van der Waals surface area contributed by atoms with E-state index in [2.05, 4.69) is 4.74 Å². The summed E-state index contributed by atoms with van der Waals surface area (Å²) in [6.07, 6.45) is 6.66. The normalized spacial score (nSPS) is 16.1. The van der Waals surface area contributed by atoms with Gasteiger partial charge in [0.05, 0.1) is 14.2 Å². The number of hydrogen-bond acceptors (Lipinski definition) is 5. The zero-order chi connectivity index (χ0) is 13.8. The van der Waals surface area contributed by atoms with Gasteiger partial charge in [-0.2, -0.15) is 0 Å². The number of rotatable bonds is 3. The van der Waals surface area contributed by atoms with E-state index in [0.29, 0.717) is 5.76 Å². The molecule has 104 valence electrons. The summed E-state index contributed by atoms with van der Waals surface area (Å²) in [4.78, 5) is 23.5. The van der Waals surface area contributed by atoms with Crippen molar-refractivity contribution < 1.29 is 23.5 Å². The highest BCUT2D eigenvalue weighted by Crippen LogP contribution is 2.36. The van der Waals surface area contributed by atoms with Gasteiger partial charge in [-0.3, -0.25) is 0 Å². The van der Waals surface area contributed by atoms with Crippen LogP contribution in [0.2, 0.25) is 0 Å². The standard InChI is InChI=1S/C14H18O5/c1-17-13(15)10-8-19-12(11(10)14(16)18-2)9-6-4-3-5-7-9/h8-9H,3-7H2,1-2H3. The Morgan fingerprint density at radius 3 is 2.32 bits per heavy atom. The molecule has 1 saturated carbocycles. The molecule has 0 atom stereocenters. The average molecular weight is 266 g/mol. The van der Waals surface area contributed by atoms with E-state index in [4.69, 9.17) is 9.15 Å². The first-order valence-corrected chi connectivity index (χ1v) is 6.47. The van der Waals surface area contributed by atoms with Crippen LogP contribution in [0.4, 0.5) is 0 Å². The van der Waals surface area contributed by atoms with Gasteiger partial charge < -0.3 is 13.9 Å². The van der Waals surface area contributed by atoms with Crippen molar-refractivity contribution in [2.75, 3.05) is 14.2 Å². The molecule has 2 rings (SSSR count). The van der Waals surface area contributed by atoms with Gasteiger partial charge in [-0.1, -0.05) is 19.3 Å². The molecule has 0 saturated heterocycles. The first-order chi connectivity index (χ1) is 9.19. The molecule has 5 heteroatoms. The van der Waals surface area contributed by atoms with Crippen LogP contribution in [0.15, 0.2) is 10.7 Å². The summed E-state index contributed by atoms with van der Waals surface area (Å²) in [5.74, 6) is -0.380. The first kappa shape index (κ1) is 13.6. The maximum absolute atomic E-state index is 11.9. The lowest BCUT2D eigenvalue weighted by Crippen LogP contribution is -2.14. The minimum atomic E-state index is -0.578. The SMILES string of the molecule is COC(=O)c1coc(C2CCCCC2)c1C(=O)OC. The molecule has 0 radical (unpaired) electrons. The number of carbonyl (C=O) groups excluding carboxylic acids is 2. The largest absolute Gasteiger partial charge is 0.467 e. The van der Waals surface area contributed by atoms with Crippen molar-refractivity contribution in [3.63, 3.8) is 0 Å². The lowest BCUT2D eigenvalue weighted by atomic mass is 9.85. The van der Waals surface area contributed by atoms with E-state index in [0.717, 1.165) is 25.7 Å². The van der Waals surface area contributed by atoms with E-state index < -0.39 is 11.9 Å². The number of ether oxygens (including phenoxy) is 2. The highest BCUT2D eigenvalue weighted by atomic mass is 16.5. The fourth-order valence-corrected chi connectivity index (χ4v) is 2.61. The third-order valence-electron chi connectivity index (χ3n) is 3.59. The monoisotopic (exact) mass is 266 g/mol. The molecular weight excluding hydrogens is 248 g/mol. The van der Waals surface area contributed by atoms with Crippen molar-refractivity contribution in [1.29, 1.82) is 0 Å². The first-order valence-electron chi connectivity index (χ1n) is 6.47. The molecule has 0 amide bonds. The Bertz CT molecular complexity index is 468. The van der Waals surface area contributed by atoms with Crippen molar-refractivity contribution in [2.24, 2.45) is 0 Å². The maximum Gasteiger partial charge on any atom is 0.342 e. The summed E-state index contributed by atoms with van der Waals surface area (Å²) in [7, 11) is 2.57. The van der Waals surface area contributed by atoms with Crippen LogP contribution in [0.1, 0.15) is 64.5 Å². The summed E-state index contributed by atoms with van der Waals surface area (Å²) in [6, 6.07) is 0. The smallest absolute Gasteiger partial charge is 0.342 e. The molecule has 0 bridgehead atoms. The van der Waals surface area contributed by atoms with Gasteiger partial charge in [-0.05, 0) is 12.8 Å².